The predicted molar refractivity (Wildman–Crippen MR) is 82.1 cm³/mol. The average Bonchev–Trinajstić information content (AvgIpc) is 2.40. The van der Waals surface area contributed by atoms with Gasteiger partial charge in [0.25, 0.3) is 10.0 Å². The number of halogens is 2. The number of nitrogens with zero attached hydrogens (tertiary/aromatic N) is 1. The molecular weight excluding hydrogens is 366 g/mol. The van der Waals surface area contributed by atoms with Crippen molar-refractivity contribution in [2.75, 3.05) is 4.72 Å². The SMILES string of the molecule is NCc1ccc(S(=O)(=O)Nc2ncccc2Cl)c(Br)c1. The van der Waals surface area contributed by atoms with Crippen molar-refractivity contribution >= 4 is 43.4 Å². The van der Waals surface area contributed by atoms with Crippen LogP contribution in [0.3, 0.4) is 0 Å². The first-order chi connectivity index (χ1) is 9.44. The monoisotopic (exact) mass is 375 g/mol. The number of hydrogen-bond acceptors (Lipinski definition) is 4. The summed E-state index contributed by atoms with van der Waals surface area (Å²) in [6, 6.07) is 7.96. The van der Waals surface area contributed by atoms with E-state index < -0.39 is 10.0 Å². The van der Waals surface area contributed by atoms with Crippen LogP contribution in [0.25, 0.3) is 0 Å². The molecule has 5 nitrogen and oxygen atoms in total. The van der Waals surface area contributed by atoms with Crippen LogP contribution in [0.2, 0.25) is 5.02 Å². The molecule has 0 saturated carbocycles. The van der Waals surface area contributed by atoms with E-state index in [1.807, 2.05) is 0 Å². The van der Waals surface area contributed by atoms with Gasteiger partial charge in [-0.3, -0.25) is 4.72 Å². The van der Waals surface area contributed by atoms with Gasteiger partial charge in [-0.1, -0.05) is 17.7 Å². The van der Waals surface area contributed by atoms with Gasteiger partial charge in [0, 0.05) is 17.2 Å². The second-order valence-corrected chi connectivity index (χ2v) is 6.82. The summed E-state index contributed by atoms with van der Waals surface area (Å²) in [7, 11) is -3.78. The van der Waals surface area contributed by atoms with Gasteiger partial charge in [-0.05, 0) is 45.8 Å². The number of aromatic nitrogens is 1. The lowest BCUT2D eigenvalue weighted by molar-refractivity contribution is 0.600. The second kappa shape index (κ2) is 6.09. The fourth-order valence-corrected chi connectivity index (χ4v) is 3.91. The fourth-order valence-electron chi connectivity index (χ4n) is 1.53. The third kappa shape index (κ3) is 3.29. The molecule has 2 rings (SSSR count). The van der Waals surface area contributed by atoms with Crippen LogP contribution in [0, 0.1) is 0 Å². The molecule has 0 aliphatic heterocycles. The summed E-state index contributed by atoms with van der Waals surface area (Å²) < 4.78 is 27.4. The summed E-state index contributed by atoms with van der Waals surface area (Å²) in [6.07, 6.45) is 1.45. The van der Waals surface area contributed by atoms with E-state index in [1.54, 1.807) is 24.3 Å². The molecule has 0 fully saturated rings. The summed E-state index contributed by atoms with van der Waals surface area (Å²) in [5.74, 6) is 0.0870. The van der Waals surface area contributed by atoms with Gasteiger partial charge >= 0.3 is 0 Å². The Balaban J connectivity index is 2.39. The van der Waals surface area contributed by atoms with Crippen LogP contribution in [0.15, 0.2) is 45.9 Å². The van der Waals surface area contributed by atoms with Gasteiger partial charge in [0.15, 0.2) is 5.82 Å². The van der Waals surface area contributed by atoms with Crippen molar-refractivity contribution in [2.24, 2.45) is 5.73 Å². The summed E-state index contributed by atoms with van der Waals surface area (Å²) in [6.45, 7) is 0.332. The molecule has 0 amide bonds. The molecule has 0 aliphatic carbocycles. The van der Waals surface area contributed by atoms with Crippen molar-refractivity contribution < 1.29 is 8.42 Å². The maximum Gasteiger partial charge on any atom is 0.264 e. The van der Waals surface area contributed by atoms with Crippen LogP contribution in [0.5, 0.6) is 0 Å². The lowest BCUT2D eigenvalue weighted by Crippen LogP contribution is -2.15. The Labute approximate surface area is 130 Å². The van der Waals surface area contributed by atoms with Gasteiger partial charge in [-0.15, -0.1) is 0 Å². The van der Waals surface area contributed by atoms with E-state index in [0.29, 0.717) is 11.0 Å². The number of sulfonamides is 1. The molecule has 0 bridgehead atoms. The molecule has 106 valence electrons. The maximum atomic E-state index is 12.3. The summed E-state index contributed by atoms with van der Waals surface area (Å²) in [5.41, 5.74) is 6.33. The van der Waals surface area contributed by atoms with Gasteiger partial charge in [-0.2, -0.15) is 0 Å². The van der Waals surface area contributed by atoms with Crippen molar-refractivity contribution in [1.82, 2.24) is 4.98 Å². The molecule has 0 radical (unpaired) electrons. The Hall–Kier alpha value is -1.15. The van der Waals surface area contributed by atoms with Crippen molar-refractivity contribution in [3.63, 3.8) is 0 Å². The third-order valence-corrected chi connectivity index (χ3v) is 5.13. The molecule has 0 saturated heterocycles. The van der Waals surface area contributed by atoms with E-state index in [0.717, 1.165) is 5.56 Å². The quantitative estimate of drug-likeness (QED) is 0.859. The van der Waals surface area contributed by atoms with Crippen LogP contribution < -0.4 is 10.5 Å². The first-order valence-electron chi connectivity index (χ1n) is 5.56. The van der Waals surface area contributed by atoms with Gasteiger partial charge in [-0.25, -0.2) is 13.4 Å². The van der Waals surface area contributed by atoms with Crippen LogP contribution in [-0.4, -0.2) is 13.4 Å². The fraction of sp³-hybridized carbons (Fsp3) is 0.0833. The van der Waals surface area contributed by atoms with Gasteiger partial charge in [0.2, 0.25) is 0 Å². The molecule has 20 heavy (non-hydrogen) atoms. The number of anilines is 1. The van der Waals surface area contributed by atoms with Gasteiger partial charge < -0.3 is 5.73 Å². The molecule has 1 aromatic carbocycles. The largest absolute Gasteiger partial charge is 0.326 e. The van der Waals surface area contributed by atoms with E-state index in [2.05, 4.69) is 25.6 Å². The second-order valence-electron chi connectivity index (χ2n) is 3.91. The third-order valence-electron chi connectivity index (χ3n) is 2.51. The lowest BCUT2D eigenvalue weighted by atomic mass is 10.2. The number of benzene rings is 1. The Morgan fingerprint density at radius 3 is 2.70 bits per heavy atom. The van der Waals surface area contributed by atoms with Crippen LogP contribution in [-0.2, 0) is 16.6 Å². The van der Waals surface area contributed by atoms with Crippen molar-refractivity contribution in [3.05, 3.63) is 51.6 Å². The summed E-state index contributed by atoms with van der Waals surface area (Å²) in [4.78, 5) is 3.99. The molecule has 1 heterocycles. The van der Waals surface area contributed by atoms with Crippen molar-refractivity contribution in [2.45, 2.75) is 11.4 Å². The number of nitrogens with two attached hydrogens (primary N) is 1. The van der Waals surface area contributed by atoms with Crippen molar-refractivity contribution in [1.29, 1.82) is 0 Å². The van der Waals surface area contributed by atoms with Crippen LogP contribution in [0.4, 0.5) is 5.82 Å². The molecule has 8 heteroatoms. The zero-order chi connectivity index (χ0) is 14.8. The first kappa shape index (κ1) is 15.2. The standard InChI is InChI=1S/C12H11BrClN3O2S/c13-9-6-8(7-15)3-4-11(9)20(18,19)17-12-10(14)2-1-5-16-12/h1-6H,7,15H2,(H,16,17). The highest BCUT2D eigenvalue weighted by Crippen LogP contribution is 2.27. The van der Waals surface area contributed by atoms with Crippen molar-refractivity contribution in [3.8, 4) is 0 Å². The average molecular weight is 377 g/mol. The molecule has 3 N–H and O–H groups in total. The summed E-state index contributed by atoms with van der Waals surface area (Å²) >= 11 is 9.12. The zero-order valence-electron chi connectivity index (χ0n) is 10.2. The Morgan fingerprint density at radius 1 is 1.35 bits per heavy atom. The number of rotatable bonds is 4. The zero-order valence-corrected chi connectivity index (χ0v) is 13.3. The lowest BCUT2D eigenvalue weighted by Gasteiger charge is -2.10. The Bertz CT molecular complexity index is 737. The minimum atomic E-state index is -3.78. The van der Waals surface area contributed by atoms with Crippen LogP contribution >= 0.6 is 27.5 Å². The molecule has 0 aliphatic rings. The van der Waals surface area contributed by atoms with Crippen LogP contribution in [0.1, 0.15) is 5.56 Å². The van der Waals surface area contributed by atoms with Gasteiger partial charge in [0.1, 0.15) is 4.90 Å². The normalized spacial score (nSPS) is 11.3. The molecular formula is C12H11BrClN3O2S. The molecule has 1 aromatic heterocycles. The number of pyridine rings is 1. The Morgan fingerprint density at radius 2 is 2.10 bits per heavy atom. The minimum Gasteiger partial charge on any atom is -0.326 e. The Kier molecular flexibility index (Phi) is 4.64. The van der Waals surface area contributed by atoms with E-state index in [4.69, 9.17) is 17.3 Å². The van der Waals surface area contributed by atoms with E-state index in [9.17, 15) is 8.42 Å². The smallest absolute Gasteiger partial charge is 0.264 e. The number of nitrogens with one attached hydrogen (secondary N) is 1. The van der Waals surface area contributed by atoms with Gasteiger partial charge in [0.05, 0.1) is 5.02 Å². The number of hydrogen-bond donors (Lipinski definition) is 2. The molecule has 0 spiro atoms. The van der Waals surface area contributed by atoms with E-state index >= 15 is 0 Å². The molecule has 0 unspecified atom stereocenters. The predicted octanol–water partition coefficient (Wildman–Crippen LogP) is 2.76. The summed E-state index contributed by atoms with van der Waals surface area (Å²) in [5, 5.41) is 0.228. The highest BCUT2D eigenvalue weighted by molar-refractivity contribution is 9.10. The first-order valence-corrected chi connectivity index (χ1v) is 8.21. The highest BCUT2D eigenvalue weighted by atomic mass is 79.9. The van der Waals surface area contributed by atoms with E-state index in [-0.39, 0.29) is 15.7 Å². The molecule has 0 atom stereocenters. The minimum absolute atomic E-state index is 0.0870. The van der Waals surface area contributed by atoms with E-state index in [1.165, 1.54) is 12.3 Å². The maximum absolute atomic E-state index is 12.3. The topological polar surface area (TPSA) is 85.1 Å². The molecule has 2 aromatic rings. The highest BCUT2D eigenvalue weighted by Gasteiger charge is 2.19.